The van der Waals surface area contributed by atoms with Gasteiger partial charge < -0.3 is 10.1 Å². The first-order valence-electron chi connectivity index (χ1n) is 4.50. The van der Waals surface area contributed by atoms with Crippen molar-refractivity contribution in [3.05, 3.63) is 33.8 Å². The SMILES string of the molecule is COc1ccc(Br)c(NC/C(C)=C/Cl)c1. The van der Waals surface area contributed by atoms with E-state index in [9.17, 15) is 0 Å². The Morgan fingerprint density at radius 2 is 2.33 bits per heavy atom. The van der Waals surface area contributed by atoms with Crippen molar-refractivity contribution in [3.8, 4) is 5.75 Å². The minimum atomic E-state index is 0.718. The van der Waals surface area contributed by atoms with E-state index in [1.807, 2.05) is 25.1 Å². The number of hydrogen-bond donors (Lipinski definition) is 1. The number of halogens is 2. The van der Waals surface area contributed by atoms with Crippen LogP contribution >= 0.6 is 27.5 Å². The van der Waals surface area contributed by atoms with Crippen LogP contribution < -0.4 is 10.1 Å². The second kappa shape index (κ2) is 6.03. The molecule has 0 bridgehead atoms. The standard InChI is InChI=1S/C11H13BrClNO/c1-8(6-13)7-14-11-5-9(15-2)3-4-10(11)12/h3-6,14H,7H2,1-2H3/b8-6+. The molecule has 1 aromatic rings. The molecular formula is C11H13BrClNO. The first-order valence-corrected chi connectivity index (χ1v) is 5.73. The molecule has 0 heterocycles. The second-order valence-corrected chi connectivity index (χ2v) is 4.23. The molecule has 0 spiro atoms. The van der Waals surface area contributed by atoms with E-state index < -0.39 is 0 Å². The predicted octanol–water partition coefficient (Wildman–Crippen LogP) is 4.01. The van der Waals surface area contributed by atoms with Gasteiger partial charge in [0.2, 0.25) is 0 Å². The van der Waals surface area contributed by atoms with Gasteiger partial charge in [0, 0.05) is 22.6 Å². The number of hydrogen-bond acceptors (Lipinski definition) is 2. The van der Waals surface area contributed by atoms with Crippen LogP contribution in [0.1, 0.15) is 6.92 Å². The molecule has 0 fully saturated rings. The minimum absolute atomic E-state index is 0.718. The number of nitrogens with one attached hydrogen (secondary N) is 1. The molecule has 0 aliphatic rings. The van der Waals surface area contributed by atoms with E-state index in [0.29, 0.717) is 0 Å². The van der Waals surface area contributed by atoms with E-state index in [1.165, 1.54) is 0 Å². The highest BCUT2D eigenvalue weighted by atomic mass is 79.9. The van der Waals surface area contributed by atoms with Gasteiger partial charge in [-0.1, -0.05) is 11.6 Å². The maximum absolute atomic E-state index is 5.58. The van der Waals surface area contributed by atoms with E-state index in [0.717, 1.165) is 28.0 Å². The van der Waals surface area contributed by atoms with Crippen molar-refractivity contribution < 1.29 is 4.74 Å². The normalized spacial score (nSPS) is 11.3. The molecule has 0 unspecified atom stereocenters. The minimum Gasteiger partial charge on any atom is -0.497 e. The van der Waals surface area contributed by atoms with Gasteiger partial charge in [0.25, 0.3) is 0 Å². The third-order valence-electron chi connectivity index (χ3n) is 1.92. The maximum Gasteiger partial charge on any atom is 0.121 e. The number of anilines is 1. The topological polar surface area (TPSA) is 21.3 Å². The molecule has 4 heteroatoms. The number of ether oxygens (including phenoxy) is 1. The van der Waals surface area contributed by atoms with Crippen LogP contribution in [0.3, 0.4) is 0 Å². The van der Waals surface area contributed by atoms with Crippen molar-refractivity contribution in [2.45, 2.75) is 6.92 Å². The van der Waals surface area contributed by atoms with Crippen LogP contribution in [0.25, 0.3) is 0 Å². The van der Waals surface area contributed by atoms with Gasteiger partial charge in [-0.05, 0) is 40.6 Å². The number of benzene rings is 1. The Labute approximate surface area is 103 Å². The Kier molecular flexibility index (Phi) is 4.99. The Hall–Kier alpha value is -0.670. The average molecular weight is 291 g/mol. The fourth-order valence-electron chi connectivity index (χ4n) is 1.04. The summed E-state index contributed by atoms with van der Waals surface area (Å²) in [5.74, 6) is 0.827. The fourth-order valence-corrected chi connectivity index (χ4v) is 1.50. The highest BCUT2D eigenvalue weighted by molar-refractivity contribution is 9.10. The van der Waals surface area contributed by atoms with Crippen molar-refractivity contribution in [1.82, 2.24) is 0 Å². The average Bonchev–Trinajstić information content (AvgIpc) is 2.27. The monoisotopic (exact) mass is 289 g/mol. The smallest absolute Gasteiger partial charge is 0.121 e. The number of methoxy groups -OCH3 is 1. The zero-order valence-electron chi connectivity index (χ0n) is 8.68. The number of rotatable bonds is 4. The van der Waals surface area contributed by atoms with Gasteiger partial charge in [-0.25, -0.2) is 0 Å². The van der Waals surface area contributed by atoms with Crippen LogP contribution in [0, 0.1) is 0 Å². The van der Waals surface area contributed by atoms with E-state index in [-0.39, 0.29) is 0 Å². The van der Waals surface area contributed by atoms with Crippen LogP contribution in [-0.2, 0) is 0 Å². The van der Waals surface area contributed by atoms with Gasteiger partial charge in [0.15, 0.2) is 0 Å². The first kappa shape index (κ1) is 12.4. The van der Waals surface area contributed by atoms with E-state index in [1.54, 1.807) is 12.6 Å². The summed E-state index contributed by atoms with van der Waals surface area (Å²) in [5, 5.41) is 3.26. The Morgan fingerprint density at radius 1 is 1.60 bits per heavy atom. The summed E-state index contributed by atoms with van der Waals surface area (Å²) in [7, 11) is 1.65. The highest BCUT2D eigenvalue weighted by Crippen LogP contribution is 2.27. The lowest BCUT2D eigenvalue weighted by Gasteiger charge is -2.10. The van der Waals surface area contributed by atoms with Crippen LogP contribution in [0.4, 0.5) is 5.69 Å². The molecule has 1 N–H and O–H groups in total. The second-order valence-electron chi connectivity index (χ2n) is 3.15. The summed E-state index contributed by atoms with van der Waals surface area (Å²) in [6.45, 7) is 2.68. The van der Waals surface area contributed by atoms with Crippen molar-refractivity contribution in [1.29, 1.82) is 0 Å². The first-order chi connectivity index (χ1) is 7.17. The van der Waals surface area contributed by atoms with Gasteiger partial charge in [-0.15, -0.1) is 0 Å². The van der Waals surface area contributed by atoms with Crippen molar-refractivity contribution in [2.24, 2.45) is 0 Å². The van der Waals surface area contributed by atoms with Gasteiger partial charge in [-0.3, -0.25) is 0 Å². The van der Waals surface area contributed by atoms with Gasteiger partial charge >= 0.3 is 0 Å². The molecule has 1 aromatic carbocycles. The van der Waals surface area contributed by atoms with E-state index in [4.69, 9.17) is 16.3 Å². The summed E-state index contributed by atoms with van der Waals surface area (Å²) in [4.78, 5) is 0. The largest absolute Gasteiger partial charge is 0.497 e. The lowest BCUT2D eigenvalue weighted by Crippen LogP contribution is -2.03. The summed E-state index contributed by atoms with van der Waals surface area (Å²) in [6, 6.07) is 5.78. The summed E-state index contributed by atoms with van der Waals surface area (Å²) in [5.41, 5.74) is 3.64. The molecular weight excluding hydrogens is 277 g/mol. The Bertz CT molecular complexity index is 366. The van der Waals surface area contributed by atoms with E-state index in [2.05, 4.69) is 21.2 Å². The molecule has 15 heavy (non-hydrogen) atoms. The summed E-state index contributed by atoms with van der Waals surface area (Å²) < 4.78 is 6.15. The maximum atomic E-state index is 5.58. The third kappa shape index (κ3) is 3.76. The summed E-state index contributed by atoms with van der Waals surface area (Å²) >= 11 is 9.04. The molecule has 0 radical (unpaired) electrons. The Balaban J connectivity index is 2.75. The predicted molar refractivity (Wildman–Crippen MR) is 68.8 cm³/mol. The zero-order valence-corrected chi connectivity index (χ0v) is 11.0. The highest BCUT2D eigenvalue weighted by Gasteiger charge is 2.01. The molecule has 0 aliphatic carbocycles. The van der Waals surface area contributed by atoms with Gasteiger partial charge in [0.05, 0.1) is 12.8 Å². The molecule has 0 aliphatic heterocycles. The van der Waals surface area contributed by atoms with Gasteiger partial charge in [0.1, 0.15) is 5.75 Å². The zero-order chi connectivity index (χ0) is 11.3. The van der Waals surface area contributed by atoms with Crippen LogP contribution in [-0.4, -0.2) is 13.7 Å². The van der Waals surface area contributed by atoms with Crippen molar-refractivity contribution in [3.63, 3.8) is 0 Å². The molecule has 82 valence electrons. The lowest BCUT2D eigenvalue weighted by atomic mass is 10.3. The molecule has 0 aromatic heterocycles. The Morgan fingerprint density at radius 3 is 2.93 bits per heavy atom. The van der Waals surface area contributed by atoms with Crippen LogP contribution in [0.2, 0.25) is 0 Å². The summed E-state index contributed by atoms with van der Waals surface area (Å²) in [6.07, 6.45) is 0. The molecule has 0 saturated carbocycles. The lowest BCUT2D eigenvalue weighted by molar-refractivity contribution is 0.415. The van der Waals surface area contributed by atoms with Gasteiger partial charge in [-0.2, -0.15) is 0 Å². The van der Waals surface area contributed by atoms with Crippen LogP contribution in [0.15, 0.2) is 33.8 Å². The fraction of sp³-hybridized carbons (Fsp3) is 0.273. The third-order valence-corrected chi connectivity index (χ3v) is 2.98. The molecule has 0 amide bonds. The molecule has 2 nitrogen and oxygen atoms in total. The van der Waals surface area contributed by atoms with Crippen LogP contribution in [0.5, 0.6) is 5.75 Å². The van der Waals surface area contributed by atoms with E-state index >= 15 is 0 Å². The molecule has 1 rings (SSSR count). The molecule has 0 saturated heterocycles. The quantitative estimate of drug-likeness (QED) is 0.904. The molecule has 0 atom stereocenters. The van der Waals surface area contributed by atoms with Crippen molar-refractivity contribution >= 4 is 33.2 Å². The van der Waals surface area contributed by atoms with Crippen molar-refractivity contribution in [2.75, 3.05) is 19.0 Å².